The van der Waals surface area contributed by atoms with Crippen LogP contribution in [0, 0.1) is 13.8 Å². The summed E-state index contributed by atoms with van der Waals surface area (Å²) >= 11 is 3.13. The molecule has 2 nitrogen and oxygen atoms in total. The molecule has 0 unspecified atom stereocenters. The number of alkyl halides is 3. The van der Waals surface area contributed by atoms with Gasteiger partial charge in [-0.2, -0.15) is 13.2 Å². The SMILES string of the molecule is Cc1cc(SCc2sc(-c3ccc(C(F)(F)F)cc3)nc2C)ccc1O. The zero-order valence-corrected chi connectivity index (χ0v) is 15.7. The van der Waals surface area contributed by atoms with E-state index in [1.807, 2.05) is 26.0 Å². The lowest BCUT2D eigenvalue weighted by Crippen LogP contribution is -2.03. The highest BCUT2D eigenvalue weighted by Crippen LogP contribution is 2.35. The number of aromatic nitrogens is 1. The van der Waals surface area contributed by atoms with Crippen molar-refractivity contribution >= 4 is 23.1 Å². The van der Waals surface area contributed by atoms with E-state index >= 15 is 0 Å². The van der Waals surface area contributed by atoms with Gasteiger partial charge in [0.15, 0.2) is 0 Å². The molecule has 1 N–H and O–H groups in total. The number of hydrogen-bond acceptors (Lipinski definition) is 4. The molecule has 0 spiro atoms. The van der Waals surface area contributed by atoms with Crippen LogP contribution in [0.25, 0.3) is 10.6 Å². The Morgan fingerprint density at radius 1 is 1.08 bits per heavy atom. The predicted octanol–water partition coefficient (Wildman–Crippen LogP) is 6.44. The minimum atomic E-state index is -4.33. The van der Waals surface area contributed by atoms with Crippen LogP contribution in [0.4, 0.5) is 13.2 Å². The lowest BCUT2D eigenvalue weighted by Gasteiger charge is -2.06. The average Bonchev–Trinajstić information content (AvgIpc) is 2.96. The van der Waals surface area contributed by atoms with Crippen LogP contribution in [-0.2, 0) is 11.9 Å². The third kappa shape index (κ3) is 4.22. The van der Waals surface area contributed by atoms with Crippen molar-refractivity contribution in [2.45, 2.75) is 30.7 Å². The van der Waals surface area contributed by atoms with Crippen LogP contribution in [0.2, 0.25) is 0 Å². The summed E-state index contributed by atoms with van der Waals surface area (Å²) in [5, 5.41) is 10.3. The van der Waals surface area contributed by atoms with Crippen molar-refractivity contribution in [2.75, 3.05) is 0 Å². The maximum atomic E-state index is 12.7. The summed E-state index contributed by atoms with van der Waals surface area (Å²) in [5.74, 6) is 0.988. The Bertz CT molecular complexity index is 918. The van der Waals surface area contributed by atoms with Gasteiger partial charge in [0.2, 0.25) is 0 Å². The first-order valence-corrected chi connectivity index (χ1v) is 9.60. The molecule has 0 fully saturated rings. The predicted molar refractivity (Wildman–Crippen MR) is 99.7 cm³/mol. The smallest absolute Gasteiger partial charge is 0.416 e. The van der Waals surface area contributed by atoms with E-state index in [-0.39, 0.29) is 5.75 Å². The Balaban J connectivity index is 1.75. The molecule has 0 aliphatic carbocycles. The molecule has 0 saturated heterocycles. The average molecular weight is 395 g/mol. The largest absolute Gasteiger partial charge is 0.508 e. The molecule has 1 heterocycles. The number of phenolic OH excluding ortho intramolecular Hbond substituents is 1. The van der Waals surface area contributed by atoms with Crippen LogP contribution in [0.5, 0.6) is 5.75 Å². The van der Waals surface area contributed by atoms with Gasteiger partial charge < -0.3 is 5.11 Å². The third-order valence-electron chi connectivity index (χ3n) is 3.89. The van der Waals surface area contributed by atoms with Gasteiger partial charge in [-0.15, -0.1) is 23.1 Å². The molecule has 0 atom stereocenters. The monoisotopic (exact) mass is 395 g/mol. The molecule has 0 saturated carbocycles. The quantitative estimate of drug-likeness (QED) is 0.516. The first-order chi connectivity index (χ1) is 12.2. The third-order valence-corrected chi connectivity index (χ3v) is 6.30. The molecule has 3 rings (SSSR count). The van der Waals surface area contributed by atoms with Crippen molar-refractivity contribution in [3.63, 3.8) is 0 Å². The Labute approximate surface area is 157 Å². The number of rotatable bonds is 4. The molecule has 0 aliphatic rings. The van der Waals surface area contributed by atoms with Crippen LogP contribution < -0.4 is 0 Å². The first kappa shape index (κ1) is 18.8. The zero-order valence-electron chi connectivity index (χ0n) is 14.1. The highest BCUT2D eigenvalue weighted by atomic mass is 32.2. The number of phenols is 1. The summed E-state index contributed by atoms with van der Waals surface area (Å²) < 4.78 is 38.0. The summed E-state index contributed by atoms with van der Waals surface area (Å²) in [6.45, 7) is 3.75. The fourth-order valence-corrected chi connectivity index (χ4v) is 4.56. The van der Waals surface area contributed by atoms with E-state index in [4.69, 9.17) is 0 Å². The maximum absolute atomic E-state index is 12.7. The molecule has 0 bridgehead atoms. The lowest BCUT2D eigenvalue weighted by atomic mass is 10.1. The van der Waals surface area contributed by atoms with E-state index in [1.165, 1.54) is 23.5 Å². The Morgan fingerprint density at radius 3 is 2.38 bits per heavy atom. The van der Waals surface area contributed by atoms with Crippen molar-refractivity contribution in [2.24, 2.45) is 0 Å². The zero-order chi connectivity index (χ0) is 18.9. The number of thiazole rings is 1. The minimum Gasteiger partial charge on any atom is -0.508 e. The van der Waals surface area contributed by atoms with Gasteiger partial charge in [-0.1, -0.05) is 12.1 Å². The molecule has 2 aromatic carbocycles. The minimum absolute atomic E-state index is 0.271. The summed E-state index contributed by atoms with van der Waals surface area (Å²) in [5.41, 5.74) is 1.73. The van der Waals surface area contributed by atoms with E-state index in [2.05, 4.69) is 4.98 Å². The number of aryl methyl sites for hydroxylation is 2. The van der Waals surface area contributed by atoms with Crippen molar-refractivity contribution in [1.82, 2.24) is 4.98 Å². The molecule has 0 radical (unpaired) electrons. The van der Waals surface area contributed by atoms with Gasteiger partial charge >= 0.3 is 6.18 Å². The molecule has 0 amide bonds. The molecule has 0 aliphatic heterocycles. The van der Waals surface area contributed by atoms with Crippen molar-refractivity contribution in [1.29, 1.82) is 0 Å². The Morgan fingerprint density at radius 2 is 1.77 bits per heavy atom. The van der Waals surface area contributed by atoms with Crippen LogP contribution in [0.3, 0.4) is 0 Å². The standard InChI is InChI=1S/C19H16F3NOS2/c1-11-9-15(7-8-16(11)24)25-10-17-12(2)23-18(26-17)13-3-5-14(6-4-13)19(20,21)22/h3-9,24H,10H2,1-2H3. The van der Waals surface area contributed by atoms with Crippen LogP contribution in [0.1, 0.15) is 21.7 Å². The number of aromatic hydroxyl groups is 1. The van der Waals surface area contributed by atoms with Crippen molar-refractivity contribution in [3.8, 4) is 16.3 Å². The van der Waals surface area contributed by atoms with E-state index in [0.29, 0.717) is 16.3 Å². The molecule has 136 valence electrons. The summed E-state index contributed by atoms with van der Waals surface area (Å²) in [6, 6.07) is 10.5. The molecule has 7 heteroatoms. The molecular weight excluding hydrogens is 379 g/mol. The lowest BCUT2D eigenvalue weighted by molar-refractivity contribution is -0.137. The van der Waals surface area contributed by atoms with Crippen molar-refractivity contribution < 1.29 is 18.3 Å². The second kappa shape index (κ2) is 7.32. The van der Waals surface area contributed by atoms with Gasteiger partial charge in [-0.3, -0.25) is 0 Å². The number of halogens is 3. The van der Waals surface area contributed by atoms with E-state index in [0.717, 1.165) is 33.2 Å². The van der Waals surface area contributed by atoms with E-state index in [1.54, 1.807) is 17.8 Å². The summed E-state index contributed by atoms with van der Waals surface area (Å²) in [4.78, 5) is 6.63. The van der Waals surface area contributed by atoms with Gasteiger partial charge in [0.1, 0.15) is 10.8 Å². The fraction of sp³-hybridized carbons (Fsp3) is 0.211. The number of benzene rings is 2. The summed E-state index contributed by atoms with van der Waals surface area (Å²) in [7, 11) is 0. The Hall–Kier alpha value is -1.99. The second-order valence-corrected chi connectivity index (χ2v) is 7.97. The number of nitrogens with zero attached hydrogens (tertiary/aromatic N) is 1. The molecule has 1 aromatic heterocycles. The number of hydrogen-bond donors (Lipinski definition) is 1. The molecule has 26 heavy (non-hydrogen) atoms. The second-order valence-electron chi connectivity index (χ2n) is 5.84. The Kier molecular flexibility index (Phi) is 5.29. The highest BCUT2D eigenvalue weighted by Gasteiger charge is 2.30. The summed E-state index contributed by atoms with van der Waals surface area (Å²) in [6.07, 6.45) is -4.33. The fourth-order valence-electron chi connectivity index (χ4n) is 2.35. The van der Waals surface area contributed by atoms with Crippen LogP contribution in [-0.4, -0.2) is 10.1 Å². The number of thioether (sulfide) groups is 1. The van der Waals surface area contributed by atoms with E-state index in [9.17, 15) is 18.3 Å². The topological polar surface area (TPSA) is 33.1 Å². The van der Waals surface area contributed by atoms with Gasteiger partial charge in [-0.25, -0.2) is 4.98 Å². The van der Waals surface area contributed by atoms with Gasteiger partial charge in [-0.05, 0) is 49.7 Å². The van der Waals surface area contributed by atoms with Crippen LogP contribution in [0.15, 0.2) is 47.4 Å². The molecular formula is C19H16F3NOS2. The maximum Gasteiger partial charge on any atom is 0.416 e. The first-order valence-electron chi connectivity index (χ1n) is 7.80. The van der Waals surface area contributed by atoms with Gasteiger partial charge in [0.05, 0.1) is 11.3 Å². The van der Waals surface area contributed by atoms with Gasteiger partial charge in [0, 0.05) is 21.1 Å². The van der Waals surface area contributed by atoms with Gasteiger partial charge in [0.25, 0.3) is 0 Å². The van der Waals surface area contributed by atoms with Crippen molar-refractivity contribution in [3.05, 3.63) is 64.2 Å². The van der Waals surface area contributed by atoms with E-state index < -0.39 is 11.7 Å². The normalized spacial score (nSPS) is 11.7. The highest BCUT2D eigenvalue weighted by molar-refractivity contribution is 7.98. The molecule has 3 aromatic rings. The van der Waals surface area contributed by atoms with Crippen LogP contribution >= 0.6 is 23.1 Å².